The van der Waals surface area contributed by atoms with E-state index < -0.39 is 23.5 Å². The van der Waals surface area contributed by atoms with Crippen molar-refractivity contribution in [2.75, 3.05) is 10.6 Å². The maximum atomic E-state index is 12.9. The fourth-order valence-electron chi connectivity index (χ4n) is 2.77. The molecule has 0 radical (unpaired) electrons. The summed E-state index contributed by atoms with van der Waals surface area (Å²) in [6.07, 6.45) is -6.22. The zero-order chi connectivity index (χ0) is 22.2. The summed E-state index contributed by atoms with van der Waals surface area (Å²) in [5.41, 5.74) is -1.26. The van der Waals surface area contributed by atoms with Gasteiger partial charge in [-0.25, -0.2) is 9.50 Å². The van der Waals surface area contributed by atoms with Gasteiger partial charge in [0.05, 0.1) is 11.1 Å². The van der Waals surface area contributed by atoms with Crippen molar-refractivity contribution in [3.05, 3.63) is 72.1 Å². The topological polar surface area (TPSA) is 67.1 Å². The largest absolute Gasteiger partial charge is 0.416 e. The van der Waals surface area contributed by atoms with Crippen LogP contribution in [-0.2, 0) is 12.4 Å². The van der Waals surface area contributed by atoms with Crippen LogP contribution >= 0.6 is 0 Å². The second-order valence-corrected chi connectivity index (χ2v) is 6.39. The van der Waals surface area contributed by atoms with Gasteiger partial charge in [-0.05, 0) is 36.4 Å². The average Bonchev–Trinajstić information content (AvgIpc) is 3.11. The normalized spacial score (nSPS) is 12.2. The molecule has 0 amide bonds. The highest BCUT2D eigenvalue weighted by atomic mass is 19.4. The van der Waals surface area contributed by atoms with Gasteiger partial charge in [0.1, 0.15) is 0 Å². The smallest absolute Gasteiger partial charge is 0.337 e. The molecule has 4 aromatic rings. The van der Waals surface area contributed by atoms with Crippen molar-refractivity contribution < 1.29 is 26.3 Å². The van der Waals surface area contributed by atoms with Crippen LogP contribution in [0.2, 0.25) is 0 Å². The number of nitrogens with zero attached hydrogens (tertiary/aromatic N) is 4. The van der Waals surface area contributed by atoms with Gasteiger partial charge in [0, 0.05) is 23.8 Å². The molecule has 2 aromatic carbocycles. The maximum Gasteiger partial charge on any atom is 0.416 e. The van der Waals surface area contributed by atoms with Crippen LogP contribution in [0, 0.1) is 0 Å². The van der Waals surface area contributed by atoms with E-state index in [0.717, 1.165) is 24.3 Å². The number of aromatic nitrogens is 4. The molecule has 2 N–H and O–H groups in total. The molecule has 0 aliphatic carbocycles. The van der Waals surface area contributed by atoms with Crippen LogP contribution in [0.15, 0.2) is 60.9 Å². The molecule has 12 heteroatoms. The lowest BCUT2D eigenvalue weighted by molar-refractivity contribution is -0.138. The Balaban J connectivity index is 1.62. The van der Waals surface area contributed by atoms with Crippen LogP contribution in [0.3, 0.4) is 0 Å². The van der Waals surface area contributed by atoms with E-state index in [4.69, 9.17) is 0 Å². The van der Waals surface area contributed by atoms with E-state index in [1.807, 2.05) is 0 Å². The van der Waals surface area contributed by atoms with Gasteiger partial charge in [-0.15, -0.1) is 5.10 Å². The first kappa shape index (κ1) is 20.4. The predicted octanol–water partition coefficient (Wildman–Crippen LogP) is 5.65. The Morgan fingerprint density at radius 1 is 0.774 bits per heavy atom. The number of hydrogen-bond acceptors (Lipinski definition) is 5. The number of alkyl halides is 6. The summed E-state index contributed by atoms with van der Waals surface area (Å²) in [7, 11) is 0. The molecule has 31 heavy (non-hydrogen) atoms. The molecule has 6 nitrogen and oxygen atoms in total. The summed E-state index contributed by atoms with van der Waals surface area (Å²) < 4.78 is 78.7. The van der Waals surface area contributed by atoms with Crippen LogP contribution in [0.5, 0.6) is 0 Å². The molecule has 2 heterocycles. The summed E-state index contributed by atoms with van der Waals surface area (Å²) in [6.45, 7) is 0. The first-order valence-corrected chi connectivity index (χ1v) is 8.69. The van der Waals surface area contributed by atoms with E-state index in [1.165, 1.54) is 41.2 Å². The molecule has 0 atom stereocenters. The molecular formula is C19H12F6N6. The van der Waals surface area contributed by atoms with Crippen molar-refractivity contribution in [3.63, 3.8) is 0 Å². The highest BCUT2D eigenvalue weighted by molar-refractivity contribution is 5.71. The van der Waals surface area contributed by atoms with E-state index >= 15 is 0 Å². The van der Waals surface area contributed by atoms with Crippen molar-refractivity contribution in [2.24, 2.45) is 0 Å². The van der Waals surface area contributed by atoms with Crippen LogP contribution in [0.1, 0.15) is 11.1 Å². The van der Waals surface area contributed by atoms with E-state index in [0.29, 0.717) is 0 Å². The number of anilines is 4. The molecule has 0 fully saturated rings. The quantitative estimate of drug-likeness (QED) is 0.403. The molecular weight excluding hydrogens is 426 g/mol. The van der Waals surface area contributed by atoms with E-state index in [-0.39, 0.29) is 28.8 Å². The maximum absolute atomic E-state index is 12.9. The predicted molar refractivity (Wildman–Crippen MR) is 100 cm³/mol. The number of rotatable bonds is 4. The Morgan fingerprint density at radius 2 is 1.35 bits per heavy atom. The molecule has 2 aromatic heterocycles. The van der Waals surface area contributed by atoms with Gasteiger partial charge in [-0.3, -0.25) is 0 Å². The summed E-state index contributed by atoms with van der Waals surface area (Å²) in [5.74, 6) is 0.103. The molecule has 0 spiro atoms. The molecule has 160 valence electrons. The number of benzene rings is 2. The third kappa shape index (κ3) is 4.52. The zero-order valence-electron chi connectivity index (χ0n) is 15.3. The SMILES string of the molecule is FC(F)(F)c1cccc(Nc2nc3c(Nc4cccc(C(F)(F)F)c4)nccn3n2)c1. The van der Waals surface area contributed by atoms with Crippen LogP contribution in [0.25, 0.3) is 5.65 Å². The van der Waals surface area contributed by atoms with Gasteiger partial charge in [0.15, 0.2) is 5.82 Å². The van der Waals surface area contributed by atoms with Gasteiger partial charge < -0.3 is 10.6 Å². The first-order chi connectivity index (χ1) is 14.6. The third-order valence-electron chi connectivity index (χ3n) is 4.15. The van der Waals surface area contributed by atoms with Gasteiger partial charge in [0.25, 0.3) is 0 Å². The minimum absolute atomic E-state index is 0.0144. The average molecular weight is 438 g/mol. The van der Waals surface area contributed by atoms with Gasteiger partial charge in [-0.2, -0.15) is 31.3 Å². The lowest BCUT2D eigenvalue weighted by atomic mass is 10.2. The highest BCUT2D eigenvalue weighted by Crippen LogP contribution is 2.32. The van der Waals surface area contributed by atoms with Crippen LogP contribution in [-0.4, -0.2) is 19.6 Å². The van der Waals surface area contributed by atoms with E-state index in [9.17, 15) is 26.3 Å². The first-order valence-electron chi connectivity index (χ1n) is 8.69. The number of nitrogens with one attached hydrogen (secondary N) is 2. The molecule has 0 bridgehead atoms. The van der Waals surface area contributed by atoms with E-state index in [1.54, 1.807) is 0 Å². The Labute approximate surface area is 170 Å². The van der Waals surface area contributed by atoms with E-state index in [2.05, 4.69) is 25.7 Å². The summed E-state index contributed by atoms with van der Waals surface area (Å²) >= 11 is 0. The van der Waals surface area contributed by atoms with Crippen molar-refractivity contribution in [1.82, 2.24) is 19.6 Å². The minimum atomic E-state index is -4.51. The van der Waals surface area contributed by atoms with Crippen LogP contribution < -0.4 is 10.6 Å². The molecule has 4 rings (SSSR count). The summed E-state index contributed by atoms with van der Waals surface area (Å²) in [4.78, 5) is 8.25. The lowest BCUT2D eigenvalue weighted by Crippen LogP contribution is -2.05. The fourth-order valence-corrected chi connectivity index (χ4v) is 2.77. The second-order valence-electron chi connectivity index (χ2n) is 6.39. The fraction of sp³-hybridized carbons (Fsp3) is 0.105. The monoisotopic (exact) mass is 438 g/mol. The summed E-state index contributed by atoms with van der Waals surface area (Å²) in [5, 5.41) is 9.55. The summed E-state index contributed by atoms with van der Waals surface area (Å²) in [6, 6.07) is 9.03. The second kappa shape index (κ2) is 7.45. The number of halogens is 6. The van der Waals surface area contributed by atoms with Crippen molar-refractivity contribution in [1.29, 1.82) is 0 Å². The molecule has 0 aliphatic heterocycles. The van der Waals surface area contributed by atoms with Gasteiger partial charge in [-0.1, -0.05) is 12.1 Å². The lowest BCUT2D eigenvalue weighted by Gasteiger charge is -2.10. The van der Waals surface area contributed by atoms with Crippen molar-refractivity contribution in [2.45, 2.75) is 12.4 Å². The molecule has 0 aliphatic rings. The third-order valence-corrected chi connectivity index (χ3v) is 4.15. The highest BCUT2D eigenvalue weighted by Gasteiger charge is 2.31. The Morgan fingerprint density at radius 3 is 1.94 bits per heavy atom. The standard InChI is InChI=1S/C19H12F6N6/c20-18(21,22)11-3-1-5-13(9-11)27-15-16-29-17(30-31(16)8-7-26-15)28-14-6-2-4-12(10-14)19(23,24)25/h1-10H,(H,26,27)(H,28,30). The number of fused-ring (bicyclic) bond motifs is 1. The van der Waals surface area contributed by atoms with Crippen LogP contribution in [0.4, 0.5) is 49.5 Å². The van der Waals surface area contributed by atoms with Gasteiger partial charge in [0.2, 0.25) is 11.6 Å². The minimum Gasteiger partial charge on any atom is -0.337 e. The Kier molecular flexibility index (Phi) is 4.91. The molecule has 0 saturated heterocycles. The molecule has 0 unspecified atom stereocenters. The Bertz CT molecular complexity index is 1230. The van der Waals surface area contributed by atoms with Gasteiger partial charge >= 0.3 is 12.4 Å². The molecule has 0 saturated carbocycles. The number of hydrogen-bond donors (Lipinski definition) is 2. The Hall–Kier alpha value is -3.83. The van der Waals surface area contributed by atoms with Crippen molar-refractivity contribution in [3.8, 4) is 0 Å². The zero-order valence-corrected chi connectivity index (χ0v) is 15.3. The van der Waals surface area contributed by atoms with Crippen molar-refractivity contribution >= 4 is 28.8 Å².